The van der Waals surface area contributed by atoms with Gasteiger partial charge in [-0.25, -0.2) is 9.18 Å². The molecule has 23 heavy (non-hydrogen) atoms. The maximum Gasteiger partial charge on any atom is 0.317 e. The Labute approximate surface area is 136 Å². The van der Waals surface area contributed by atoms with Crippen LogP contribution in [0.4, 0.5) is 9.18 Å². The number of nitrogens with zero attached hydrogens (tertiary/aromatic N) is 1. The van der Waals surface area contributed by atoms with E-state index in [0.29, 0.717) is 25.1 Å². The van der Waals surface area contributed by atoms with E-state index in [1.54, 1.807) is 17.9 Å². The number of amides is 3. The zero-order chi connectivity index (χ0) is 17.0. The summed E-state index contributed by atoms with van der Waals surface area (Å²) < 4.78 is 13.6. The number of nitrogens with one attached hydrogen (secondary N) is 1. The van der Waals surface area contributed by atoms with Crippen molar-refractivity contribution in [3.63, 3.8) is 0 Å². The van der Waals surface area contributed by atoms with Crippen molar-refractivity contribution in [3.05, 3.63) is 35.1 Å². The normalized spacial score (nSPS) is 19.3. The molecule has 1 heterocycles. The molecule has 0 saturated carbocycles. The van der Waals surface area contributed by atoms with Crippen molar-refractivity contribution < 1.29 is 14.0 Å². The molecule has 1 saturated heterocycles. The SMILES string of the molecule is Cc1ccc(C(C)NC(=O)N2CCCC(CC(N)=O)C2)cc1F. The Morgan fingerprint density at radius 3 is 2.87 bits per heavy atom. The Hall–Kier alpha value is -2.11. The van der Waals surface area contributed by atoms with Crippen LogP contribution in [0, 0.1) is 18.7 Å². The van der Waals surface area contributed by atoms with E-state index in [9.17, 15) is 14.0 Å². The lowest BCUT2D eigenvalue weighted by atomic mass is 9.95. The van der Waals surface area contributed by atoms with Crippen molar-refractivity contribution in [3.8, 4) is 0 Å². The first kappa shape index (κ1) is 17.2. The van der Waals surface area contributed by atoms with Crippen molar-refractivity contribution in [1.29, 1.82) is 0 Å². The van der Waals surface area contributed by atoms with Crippen molar-refractivity contribution >= 4 is 11.9 Å². The molecule has 2 rings (SSSR count). The minimum Gasteiger partial charge on any atom is -0.370 e. The average Bonchev–Trinajstić information content (AvgIpc) is 2.49. The minimum absolute atomic E-state index is 0.124. The summed E-state index contributed by atoms with van der Waals surface area (Å²) in [6.07, 6.45) is 2.08. The lowest BCUT2D eigenvalue weighted by Gasteiger charge is -2.33. The highest BCUT2D eigenvalue weighted by atomic mass is 19.1. The molecule has 126 valence electrons. The molecule has 2 unspecified atom stereocenters. The summed E-state index contributed by atoms with van der Waals surface area (Å²) >= 11 is 0. The van der Waals surface area contributed by atoms with Crippen molar-refractivity contribution in [2.75, 3.05) is 13.1 Å². The lowest BCUT2D eigenvalue weighted by molar-refractivity contribution is -0.119. The number of halogens is 1. The second-order valence-corrected chi connectivity index (χ2v) is 6.30. The standard InChI is InChI=1S/C17H24FN3O2/c1-11-5-6-14(9-15(11)18)12(2)20-17(23)21-7-3-4-13(10-21)8-16(19)22/h5-6,9,12-13H,3-4,7-8,10H2,1-2H3,(H2,19,22)(H,20,23). The molecule has 3 N–H and O–H groups in total. The third-order valence-electron chi connectivity index (χ3n) is 4.33. The van der Waals surface area contributed by atoms with Crippen LogP contribution >= 0.6 is 0 Å². The Kier molecular flexibility index (Phi) is 5.58. The van der Waals surface area contributed by atoms with Crippen LogP contribution in [0.3, 0.4) is 0 Å². The van der Waals surface area contributed by atoms with Gasteiger partial charge < -0.3 is 16.0 Å². The van der Waals surface area contributed by atoms with Crippen LogP contribution in [0.5, 0.6) is 0 Å². The van der Waals surface area contributed by atoms with Crippen LogP contribution in [0.15, 0.2) is 18.2 Å². The maximum absolute atomic E-state index is 13.6. The molecular weight excluding hydrogens is 297 g/mol. The van der Waals surface area contributed by atoms with Crippen LogP contribution in [-0.4, -0.2) is 29.9 Å². The molecule has 0 bridgehead atoms. The fourth-order valence-corrected chi connectivity index (χ4v) is 2.94. The molecule has 0 radical (unpaired) electrons. The van der Waals surface area contributed by atoms with Gasteiger partial charge in [-0.3, -0.25) is 4.79 Å². The highest BCUT2D eigenvalue weighted by molar-refractivity contribution is 5.76. The second-order valence-electron chi connectivity index (χ2n) is 6.30. The topological polar surface area (TPSA) is 75.4 Å². The molecule has 5 nitrogen and oxygen atoms in total. The van der Waals surface area contributed by atoms with Crippen LogP contribution < -0.4 is 11.1 Å². The molecule has 1 fully saturated rings. The molecule has 2 atom stereocenters. The third-order valence-corrected chi connectivity index (χ3v) is 4.33. The molecule has 0 aliphatic carbocycles. The Balaban J connectivity index is 1.94. The van der Waals surface area contributed by atoms with Gasteiger partial charge >= 0.3 is 6.03 Å². The van der Waals surface area contributed by atoms with Gasteiger partial charge in [0.2, 0.25) is 5.91 Å². The maximum atomic E-state index is 13.6. The first-order chi connectivity index (χ1) is 10.9. The first-order valence-corrected chi connectivity index (χ1v) is 7.96. The summed E-state index contributed by atoms with van der Waals surface area (Å²) in [5.41, 5.74) is 6.54. The summed E-state index contributed by atoms with van der Waals surface area (Å²) in [5, 5.41) is 2.89. The summed E-state index contributed by atoms with van der Waals surface area (Å²) in [6.45, 7) is 4.72. The van der Waals surface area contributed by atoms with E-state index >= 15 is 0 Å². The van der Waals surface area contributed by atoms with Crippen molar-refractivity contribution in [2.24, 2.45) is 11.7 Å². The van der Waals surface area contributed by atoms with E-state index in [2.05, 4.69) is 5.32 Å². The number of hydrogen-bond donors (Lipinski definition) is 2. The zero-order valence-electron chi connectivity index (χ0n) is 13.6. The van der Waals surface area contributed by atoms with Crippen LogP contribution in [0.1, 0.15) is 43.4 Å². The number of aryl methyl sites for hydroxylation is 1. The third kappa shape index (κ3) is 4.68. The second kappa shape index (κ2) is 7.44. The van der Waals surface area contributed by atoms with Gasteiger partial charge in [-0.1, -0.05) is 12.1 Å². The van der Waals surface area contributed by atoms with E-state index in [-0.39, 0.29) is 29.7 Å². The van der Waals surface area contributed by atoms with E-state index in [1.807, 2.05) is 13.0 Å². The number of carbonyl (C=O) groups is 2. The van der Waals surface area contributed by atoms with Gasteiger partial charge in [0.1, 0.15) is 5.82 Å². The van der Waals surface area contributed by atoms with E-state index in [0.717, 1.165) is 18.4 Å². The van der Waals surface area contributed by atoms with Gasteiger partial charge in [0.15, 0.2) is 0 Å². The molecule has 3 amide bonds. The number of hydrogen-bond acceptors (Lipinski definition) is 2. The molecule has 1 aromatic rings. The first-order valence-electron chi connectivity index (χ1n) is 7.96. The number of benzene rings is 1. The Morgan fingerprint density at radius 2 is 2.22 bits per heavy atom. The van der Waals surface area contributed by atoms with E-state index in [4.69, 9.17) is 5.73 Å². The summed E-state index contributed by atoms with van der Waals surface area (Å²) in [7, 11) is 0. The van der Waals surface area contributed by atoms with Crippen LogP contribution in [0.25, 0.3) is 0 Å². The largest absolute Gasteiger partial charge is 0.370 e. The number of rotatable bonds is 4. The zero-order valence-corrected chi connectivity index (χ0v) is 13.6. The van der Waals surface area contributed by atoms with Gasteiger partial charge in [0, 0.05) is 19.5 Å². The van der Waals surface area contributed by atoms with Gasteiger partial charge in [-0.2, -0.15) is 0 Å². The number of carbonyl (C=O) groups excluding carboxylic acids is 2. The monoisotopic (exact) mass is 321 g/mol. The van der Waals surface area contributed by atoms with E-state index < -0.39 is 0 Å². The van der Waals surface area contributed by atoms with Crippen LogP contribution in [-0.2, 0) is 4.79 Å². The van der Waals surface area contributed by atoms with Crippen molar-refractivity contribution in [1.82, 2.24) is 10.2 Å². The lowest BCUT2D eigenvalue weighted by Crippen LogP contribution is -2.46. The summed E-state index contributed by atoms with van der Waals surface area (Å²) in [4.78, 5) is 25.1. The van der Waals surface area contributed by atoms with E-state index in [1.165, 1.54) is 6.07 Å². The van der Waals surface area contributed by atoms with Gasteiger partial charge in [-0.15, -0.1) is 0 Å². The number of urea groups is 1. The fraction of sp³-hybridized carbons (Fsp3) is 0.529. The smallest absolute Gasteiger partial charge is 0.317 e. The molecule has 0 spiro atoms. The number of nitrogens with two attached hydrogens (primary N) is 1. The van der Waals surface area contributed by atoms with Crippen LogP contribution in [0.2, 0.25) is 0 Å². The average molecular weight is 321 g/mol. The Bertz CT molecular complexity index is 591. The predicted molar refractivity (Wildman–Crippen MR) is 86.2 cm³/mol. The summed E-state index contributed by atoms with van der Waals surface area (Å²) in [6, 6.07) is 4.50. The summed E-state index contributed by atoms with van der Waals surface area (Å²) in [5.74, 6) is -0.483. The molecular formula is C17H24FN3O2. The van der Waals surface area contributed by atoms with Crippen molar-refractivity contribution in [2.45, 2.75) is 39.2 Å². The van der Waals surface area contributed by atoms with Gasteiger partial charge in [0.25, 0.3) is 0 Å². The number of primary amides is 1. The predicted octanol–water partition coefficient (Wildman–Crippen LogP) is 2.49. The molecule has 1 aliphatic heterocycles. The quantitative estimate of drug-likeness (QED) is 0.894. The minimum atomic E-state index is -0.333. The Morgan fingerprint density at radius 1 is 1.48 bits per heavy atom. The van der Waals surface area contributed by atoms with Gasteiger partial charge in [-0.05, 0) is 49.8 Å². The molecule has 0 aromatic heterocycles. The highest BCUT2D eigenvalue weighted by Gasteiger charge is 2.25. The highest BCUT2D eigenvalue weighted by Crippen LogP contribution is 2.21. The molecule has 6 heteroatoms. The number of piperidine rings is 1. The molecule has 1 aliphatic rings. The molecule has 1 aromatic carbocycles. The number of likely N-dealkylation sites (tertiary alicyclic amines) is 1. The van der Waals surface area contributed by atoms with Gasteiger partial charge in [0.05, 0.1) is 6.04 Å². The fourth-order valence-electron chi connectivity index (χ4n) is 2.94.